The molecule has 0 aliphatic rings. The second kappa shape index (κ2) is 24.7. The molecule has 6 heteroatoms. The van der Waals surface area contributed by atoms with Gasteiger partial charge in [0, 0.05) is 12.8 Å². The lowest BCUT2D eigenvalue weighted by Gasteiger charge is -2.02. The summed E-state index contributed by atoms with van der Waals surface area (Å²) in [5.41, 5.74) is 0. The Balaban J connectivity index is -0.0000000787. The Morgan fingerprint density at radius 1 is 1.09 bits per heavy atom. The molecule has 23 heavy (non-hydrogen) atoms. The third kappa shape index (κ3) is 25.0. The van der Waals surface area contributed by atoms with Crippen molar-refractivity contribution >= 4 is 18.7 Å². The van der Waals surface area contributed by atoms with Crippen molar-refractivity contribution in [3.8, 4) is 23.7 Å². The van der Waals surface area contributed by atoms with Crippen LogP contribution in [0.15, 0.2) is 0 Å². The molecule has 0 rings (SSSR count). The van der Waals surface area contributed by atoms with Gasteiger partial charge < -0.3 is 15.3 Å². The Morgan fingerprint density at radius 3 is 1.70 bits per heavy atom. The Hall–Kier alpha value is -2.31. The lowest BCUT2D eigenvalue weighted by Crippen LogP contribution is -2.11. The zero-order valence-electron chi connectivity index (χ0n) is 13.9. The number of carboxylic acids is 1. The number of carbonyl (C=O) groups is 2. The first-order valence-electron chi connectivity index (χ1n) is 6.32. The van der Waals surface area contributed by atoms with Crippen LogP contribution >= 0.6 is 0 Å². The van der Waals surface area contributed by atoms with E-state index >= 15 is 0 Å². The molecule has 0 bridgehead atoms. The molecule has 0 aromatic carbocycles. The number of methoxy groups -OCH3 is 1. The summed E-state index contributed by atoms with van der Waals surface area (Å²) >= 11 is 0. The number of hydrogen-bond donors (Lipinski definition) is 1. The largest absolute Gasteiger partial charge is 0.481 e. The Kier molecular flexibility index (Phi) is 35.0. The van der Waals surface area contributed by atoms with Crippen LogP contribution in [0, 0.1) is 35.5 Å². The smallest absolute Gasteiger partial charge is 0.309 e. The van der Waals surface area contributed by atoms with E-state index in [1.807, 2.05) is 0 Å². The third-order valence-electron chi connectivity index (χ3n) is 2.20. The SMILES string of the molecule is C.C=[OH+].CC#CCC(C)C(=O)OC.CC#CC[C@H](C)C(=O)O.O. The van der Waals surface area contributed by atoms with Gasteiger partial charge in [0.05, 0.1) is 18.9 Å². The maximum atomic E-state index is 10.7. The highest BCUT2D eigenvalue weighted by Gasteiger charge is 2.10. The summed E-state index contributed by atoms with van der Waals surface area (Å²) in [6.07, 6.45) is 1.04. The monoisotopic (exact) mass is 331 g/mol. The minimum Gasteiger partial charge on any atom is -0.481 e. The molecule has 0 spiro atoms. The van der Waals surface area contributed by atoms with E-state index in [0.29, 0.717) is 12.8 Å². The number of carbonyl (C=O) groups excluding carboxylic acids is 2. The number of rotatable bonds is 4. The minimum atomic E-state index is -0.780. The van der Waals surface area contributed by atoms with E-state index in [1.165, 1.54) is 7.11 Å². The van der Waals surface area contributed by atoms with Gasteiger partial charge in [-0.15, -0.1) is 23.7 Å². The van der Waals surface area contributed by atoms with Crippen LogP contribution in [0.2, 0.25) is 0 Å². The van der Waals surface area contributed by atoms with Crippen LogP contribution in [0.5, 0.6) is 0 Å². The average molecular weight is 331 g/mol. The molecule has 4 N–H and O–H groups in total. The molecule has 134 valence electrons. The van der Waals surface area contributed by atoms with E-state index < -0.39 is 5.97 Å². The highest BCUT2D eigenvalue weighted by atomic mass is 16.5. The molecule has 0 aromatic heterocycles. The summed E-state index contributed by atoms with van der Waals surface area (Å²) in [5, 5.41) is 8.34. The lowest BCUT2D eigenvalue weighted by atomic mass is 10.1. The normalized spacial score (nSPS) is 9.43. The van der Waals surface area contributed by atoms with E-state index in [4.69, 9.17) is 9.90 Å². The zero-order chi connectivity index (χ0) is 17.3. The Bertz CT molecular complexity index is 408. The first-order chi connectivity index (χ1) is 9.90. The number of esters is 1. The van der Waals surface area contributed by atoms with Gasteiger partial charge in [-0.2, -0.15) is 0 Å². The number of hydrogen-bond acceptors (Lipinski definition) is 3. The Labute approximate surface area is 139 Å². The van der Waals surface area contributed by atoms with Gasteiger partial charge in [0.15, 0.2) is 0 Å². The van der Waals surface area contributed by atoms with Crippen LogP contribution in [0.25, 0.3) is 0 Å². The van der Waals surface area contributed by atoms with Gasteiger partial charge in [0.2, 0.25) is 0 Å². The molecule has 0 fully saturated rings. The van der Waals surface area contributed by atoms with E-state index in [9.17, 15) is 9.59 Å². The van der Waals surface area contributed by atoms with Gasteiger partial charge >= 0.3 is 11.9 Å². The molecule has 0 aromatic rings. The van der Waals surface area contributed by atoms with E-state index in [0.717, 1.165) is 0 Å². The summed E-state index contributed by atoms with van der Waals surface area (Å²) in [5.74, 6) is 9.46. The van der Waals surface area contributed by atoms with Crippen molar-refractivity contribution in [1.29, 1.82) is 0 Å². The molecule has 0 aliphatic heterocycles. The molecule has 6 nitrogen and oxygen atoms in total. The lowest BCUT2D eigenvalue weighted by molar-refractivity contribution is -0.144. The summed E-state index contributed by atoms with van der Waals surface area (Å²) < 4.78 is 4.50. The first-order valence-corrected chi connectivity index (χ1v) is 6.32. The predicted molar refractivity (Wildman–Crippen MR) is 93.5 cm³/mol. The predicted octanol–water partition coefficient (Wildman–Crippen LogP) is 1.93. The van der Waals surface area contributed by atoms with E-state index in [1.54, 1.807) is 27.7 Å². The topological polar surface area (TPSA) is 117 Å². The van der Waals surface area contributed by atoms with E-state index in [2.05, 4.69) is 35.2 Å². The molecule has 0 heterocycles. The van der Waals surface area contributed by atoms with Crippen LogP contribution in [-0.2, 0) is 14.3 Å². The second-order valence-corrected chi connectivity index (χ2v) is 3.93. The molecule has 1 unspecified atom stereocenters. The number of ether oxygens (including phenoxy) is 1. The second-order valence-electron chi connectivity index (χ2n) is 3.93. The summed E-state index contributed by atoms with van der Waals surface area (Å²) in [6.45, 7) is 9.15. The van der Waals surface area contributed by atoms with Crippen molar-refractivity contribution in [1.82, 2.24) is 0 Å². The molecule has 2 atom stereocenters. The van der Waals surface area contributed by atoms with Crippen LogP contribution in [0.4, 0.5) is 0 Å². The van der Waals surface area contributed by atoms with E-state index in [-0.39, 0.29) is 30.7 Å². The third-order valence-corrected chi connectivity index (χ3v) is 2.20. The van der Waals surface area contributed by atoms with Gasteiger partial charge in [-0.25, -0.2) is 0 Å². The highest BCUT2D eigenvalue weighted by molar-refractivity contribution is 5.72. The van der Waals surface area contributed by atoms with Gasteiger partial charge in [-0.3, -0.25) is 14.4 Å². The summed E-state index contributed by atoms with van der Waals surface area (Å²) in [4.78, 5) is 27.6. The van der Waals surface area contributed by atoms with Gasteiger partial charge in [0.25, 0.3) is 6.79 Å². The van der Waals surface area contributed by atoms with Crippen molar-refractivity contribution < 1.29 is 29.7 Å². The van der Waals surface area contributed by atoms with Crippen molar-refractivity contribution in [3.05, 3.63) is 0 Å². The molecule has 0 radical (unpaired) electrons. The fourth-order valence-electron chi connectivity index (χ4n) is 0.882. The fourth-order valence-corrected chi connectivity index (χ4v) is 0.882. The van der Waals surface area contributed by atoms with Crippen LogP contribution in [0.1, 0.15) is 48.0 Å². The maximum absolute atomic E-state index is 10.7. The fraction of sp³-hybridized carbons (Fsp3) is 0.588. The molecular weight excluding hydrogens is 300 g/mol. The van der Waals surface area contributed by atoms with Crippen molar-refractivity contribution in [2.45, 2.75) is 48.0 Å². The molecule has 0 aliphatic carbocycles. The maximum Gasteiger partial charge on any atom is 0.309 e. The molecule has 0 saturated heterocycles. The number of aliphatic carboxylic acids is 1. The van der Waals surface area contributed by atoms with Crippen LogP contribution in [0.3, 0.4) is 0 Å². The standard InChI is InChI=1S/C8H12O2.C7H10O2.CH2O.CH4.H2O/c1-4-5-6-7(2)8(9)10-3;1-3-4-5-6(2)7(8)9;1-2;;/h7H,6H2,1-3H3;6H,5H2,1-2H3,(H,8,9);1H2;1H4;1H2/p+1/t;6-;;;/m.0.../s1. The molecule has 0 amide bonds. The number of carboxylic acid groups (broad SMARTS) is 1. The highest BCUT2D eigenvalue weighted by Crippen LogP contribution is 2.01. The van der Waals surface area contributed by atoms with Gasteiger partial charge in [0.1, 0.15) is 0 Å². The van der Waals surface area contributed by atoms with Crippen LogP contribution in [-0.4, -0.2) is 41.2 Å². The van der Waals surface area contributed by atoms with Crippen molar-refractivity contribution in [2.75, 3.05) is 7.11 Å². The Morgan fingerprint density at radius 2 is 1.43 bits per heavy atom. The average Bonchev–Trinajstić information content (AvgIpc) is 2.51. The molecular formula is C17H31O6+. The quantitative estimate of drug-likeness (QED) is 0.481. The van der Waals surface area contributed by atoms with Crippen molar-refractivity contribution in [2.24, 2.45) is 11.8 Å². The minimum absolute atomic E-state index is 0. The van der Waals surface area contributed by atoms with Crippen molar-refractivity contribution in [3.63, 3.8) is 0 Å². The summed E-state index contributed by atoms with van der Waals surface area (Å²) in [7, 11) is 1.39. The molecule has 0 saturated carbocycles. The summed E-state index contributed by atoms with van der Waals surface area (Å²) in [6, 6.07) is 0. The van der Waals surface area contributed by atoms with Gasteiger partial charge in [-0.05, 0) is 13.8 Å². The first kappa shape index (κ1) is 32.6. The van der Waals surface area contributed by atoms with Gasteiger partial charge in [-0.1, -0.05) is 21.3 Å². The van der Waals surface area contributed by atoms with Crippen LogP contribution < -0.4 is 0 Å². The zero-order valence-corrected chi connectivity index (χ0v) is 13.9.